The molecule has 1 atom stereocenters. The van der Waals surface area contributed by atoms with Crippen molar-refractivity contribution in [3.8, 4) is 0 Å². The molecule has 0 bridgehead atoms. The van der Waals surface area contributed by atoms with Gasteiger partial charge in [0.05, 0.1) is 0 Å². The van der Waals surface area contributed by atoms with Gasteiger partial charge in [-0.3, -0.25) is 4.98 Å². The molecule has 1 heterocycles. The zero-order valence-corrected chi connectivity index (χ0v) is 11.7. The molecular formula is C16H26N2. The second-order valence-corrected chi connectivity index (χ2v) is 5.50. The molecule has 1 fully saturated rings. The minimum Gasteiger partial charge on any atom is -0.310 e. The molecule has 18 heavy (non-hydrogen) atoms. The Bertz CT molecular complexity index is 328. The van der Waals surface area contributed by atoms with Gasteiger partial charge in [0.2, 0.25) is 0 Å². The number of pyridine rings is 1. The fourth-order valence-electron chi connectivity index (χ4n) is 3.28. The Morgan fingerprint density at radius 3 is 2.39 bits per heavy atom. The van der Waals surface area contributed by atoms with Crippen LogP contribution in [0.2, 0.25) is 0 Å². The Kier molecular flexibility index (Phi) is 5.18. The zero-order chi connectivity index (χ0) is 12.8. The third-order valence-corrected chi connectivity index (χ3v) is 4.43. The van der Waals surface area contributed by atoms with E-state index in [9.17, 15) is 0 Å². The van der Waals surface area contributed by atoms with Crippen molar-refractivity contribution in [2.45, 2.75) is 52.0 Å². The largest absolute Gasteiger partial charge is 0.310 e. The van der Waals surface area contributed by atoms with E-state index in [0.717, 1.165) is 18.4 Å². The summed E-state index contributed by atoms with van der Waals surface area (Å²) in [5.41, 5.74) is 1.41. The molecule has 1 unspecified atom stereocenters. The predicted molar refractivity (Wildman–Crippen MR) is 76.4 cm³/mol. The molecule has 1 aliphatic carbocycles. The number of hydrogen-bond acceptors (Lipinski definition) is 2. The van der Waals surface area contributed by atoms with Gasteiger partial charge in [0.1, 0.15) is 0 Å². The molecule has 0 amide bonds. The van der Waals surface area contributed by atoms with Crippen LogP contribution in [0.4, 0.5) is 0 Å². The number of nitrogens with zero attached hydrogens (tertiary/aromatic N) is 1. The van der Waals surface area contributed by atoms with Gasteiger partial charge in [-0.1, -0.05) is 33.1 Å². The van der Waals surface area contributed by atoms with Crippen LogP contribution in [0, 0.1) is 11.8 Å². The topological polar surface area (TPSA) is 24.9 Å². The number of hydrogen-bond donors (Lipinski definition) is 1. The average molecular weight is 246 g/mol. The van der Waals surface area contributed by atoms with Crippen molar-refractivity contribution in [3.63, 3.8) is 0 Å². The molecule has 100 valence electrons. The molecular weight excluding hydrogens is 220 g/mol. The average Bonchev–Trinajstić information content (AvgIpc) is 2.46. The van der Waals surface area contributed by atoms with Gasteiger partial charge in [0, 0.05) is 18.4 Å². The minimum absolute atomic E-state index is 0.524. The third kappa shape index (κ3) is 3.32. The maximum Gasteiger partial charge on any atom is 0.0349 e. The Morgan fingerprint density at radius 2 is 1.83 bits per heavy atom. The van der Waals surface area contributed by atoms with E-state index < -0.39 is 0 Å². The lowest BCUT2D eigenvalue weighted by Crippen LogP contribution is -2.31. The van der Waals surface area contributed by atoms with E-state index in [1.165, 1.54) is 37.7 Å². The number of rotatable bonds is 5. The molecule has 1 aliphatic rings. The molecule has 0 radical (unpaired) electrons. The Labute approximate surface area is 111 Å². The van der Waals surface area contributed by atoms with Crippen LogP contribution in [0.1, 0.15) is 57.6 Å². The van der Waals surface area contributed by atoms with Gasteiger partial charge < -0.3 is 5.32 Å². The van der Waals surface area contributed by atoms with Crippen LogP contribution in [-0.4, -0.2) is 11.5 Å². The van der Waals surface area contributed by atoms with Crippen LogP contribution in [0.5, 0.6) is 0 Å². The van der Waals surface area contributed by atoms with E-state index in [2.05, 4.69) is 36.3 Å². The smallest absolute Gasteiger partial charge is 0.0349 e. The monoisotopic (exact) mass is 246 g/mol. The molecule has 2 rings (SSSR count). The highest BCUT2D eigenvalue weighted by atomic mass is 14.9. The molecule has 2 nitrogen and oxygen atoms in total. The summed E-state index contributed by atoms with van der Waals surface area (Å²) in [6.07, 6.45) is 10.8. The second-order valence-electron chi connectivity index (χ2n) is 5.50. The van der Waals surface area contributed by atoms with Crippen molar-refractivity contribution in [3.05, 3.63) is 30.1 Å². The van der Waals surface area contributed by atoms with Crippen molar-refractivity contribution in [2.75, 3.05) is 6.54 Å². The summed E-state index contributed by atoms with van der Waals surface area (Å²) in [5, 5.41) is 3.67. The molecule has 0 aromatic carbocycles. The molecule has 1 N–H and O–H groups in total. The van der Waals surface area contributed by atoms with Crippen LogP contribution in [0.3, 0.4) is 0 Å². The molecule has 1 saturated carbocycles. The Hall–Kier alpha value is -0.890. The van der Waals surface area contributed by atoms with Crippen LogP contribution in [-0.2, 0) is 0 Å². The van der Waals surface area contributed by atoms with Crippen molar-refractivity contribution >= 4 is 0 Å². The van der Waals surface area contributed by atoms with E-state index in [1.807, 2.05) is 12.4 Å². The van der Waals surface area contributed by atoms with Crippen LogP contribution in [0.25, 0.3) is 0 Å². The first-order chi connectivity index (χ1) is 8.85. The summed E-state index contributed by atoms with van der Waals surface area (Å²) in [6, 6.07) is 4.86. The fourth-order valence-corrected chi connectivity index (χ4v) is 3.28. The van der Waals surface area contributed by atoms with Gasteiger partial charge in [0.15, 0.2) is 0 Å². The van der Waals surface area contributed by atoms with Gasteiger partial charge in [0.25, 0.3) is 0 Å². The first-order valence-corrected chi connectivity index (χ1v) is 7.48. The first-order valence-electron chi connectivity index (χ1n) is 7.48. The minimum atomic E-state index is 0.524. The normalized spacial score (nSPS) is 25.9. The molecule has 0 spiro atoms. The first kappa shape index (κ1) is 13.5. The van der Waals surface area contributed by atoms with E-state index >= 15 is 0 Å². The highest BCUT2D eigenvalue weighted by Gasteiger charge is 2.27. The lowest BCUT2D eigenvalue weighted by atomic mass is 9.76. The zero-order valence-electron chi connectivity index (χ0n) is 11.7. The summed E-state index contributed by atoms with van der Waals surface area (Å²) in [7, 11) is 0. The van der Waals surface area contributed by atoms with E-state index in [4.69, 9.17) is 0 Å². The van der Waals surface area contributed by atoms with Crippen molar-refractivity contribution in [1.29, 1.82) is 0 Å². The number of nitrogens with one attached hydrogen (secondary N) is 1. The van der Waals surface area contributed by atoms with Gasteiger partial charge in [-0.25, -0.2) is 0 Å². The lowest BCUT2D eigenvalue weighted by molar-refractivity contribution is 0.220. The standard InChI is InChI=1S/C16H26N2/c1-3-13-5-7-14(8-6-13)16(18-4-2)15-9-11-17-12-10-15/h9-14,16,18H,3-8H2,1-2H3. The van der Waals surface area contributed by atoms with Crippen LogP contribution >= 0.6 is 0 Å². The maximum atomic E-state index is 4.13. The molecule has 0 aliphatic heterocycles. The van der Waals surface area contributed by atoms with Gasteiger partial charge in [-0.15, -0.1) is 0 Å². The summed E-state index contributed by atoms with van der Waals surface area (Å²) < 4.78 is 0. The molecule has 1 aromatic rings. The van der Waals surface area contributed by atoms with Crippen LogP contribution < -0.4 is 5.32 Å². The molecule has 1 aromatic heterocycles. The van der Waals surface area contributed by atoms with Gasteiger partial charge >= 0.3 is 0 Å². The second kappa shape index (κ2) is 6.89. The summed E-state index contributed by atoms with van der Waals surface area (Å²) >= 11 is 0. The summed E-state index contributed by atoms with van der Waals surface area (Å²) in [6.45, 7) is 5.57. The van der Waals surface area contributed by atoms with Crippen LogP contribution in [0.15, 0.2) is 24.5 Å². The van der Waals surface area contributed by atoms with E-state index in [1.54, 1.807) is 0 Å². The Balaban J connectivity index is 2.02. The Morgan fingerprint density at radius 1 is 1.17 bits per heavy atom. The highest BCUT2D eigenvalue weighted by molar-refractivity contribution is 5.16. The van der Waals surface area contributed by atoms with Crippen molar-refractivity contribution in [1.82, 2.24) is 10.3 Å². The maximum absolute atomic E-state index is 4.13. The van der Waals surface area contributed by atoms with Crippen molar-refractivity contribution < 1.29 is 0 Å². The van der Waals surface area contributed by atoms with Gasteiger partial charge in [-0.2, -0.15) is 0 Å². The highest BCUT2D eigenvalue weighted by Crippen LogP contribution is 2.37. The quantitative estimate of drug-likeness (QED) is 0.851. The summed E-state index contributed by atoms with van der Waals surface area (Å²) in [4.78, 5) is 4.13. The molecule has 2 heteroatoms. The fraction of sp³-hybridized carbons (Fsp3) is 0.688. The van der Waals surface area contributed by atoms with E-state index in [0.29, 0.717) is 6.04 Å². The lowest BCUT2D eigenvalue weighted by Gasteiger charge is -2.34. The number of aromatic nitrogens is 1. The third-order valence-electron chi connectivity index (χ3n) is 4.43. The SMILES string of the molecule is CCNC(c1ccncc1)C1CCC(CC)CC1. The van der Waals surface area contributed by atoms with Gasteiger partial charge in [-0.05, 0) is 48.9 Å². The van der Waals surface area contributed by atoms with E-state index in [-0.39, 0.29) is 0 Å². The van der Waals surface area contributed by atoms with Crippen molar-refractivity contribution in [2.24, 2.45) is 11.8 Å². The summed E-state index contributed by atoms with van der Waals surface area (Å²) in [5.74, 6) is 1.77. The predicted octanol–water partition coefficient (Wildman–Crippen LogP) is 3.95. The molecule has 0 saturated heterocycles.